The Morgan fingerprint density at radius 2 is 1.68 bits per heavy atom. The maximum atomic E-state index is 5.62. The molecule has 2 aliphatic carbocycles. The molecule has 0 aromatic heterocycles. The molecule has 0 saturated heterocycles. The van der Waals surface area contributed by atoms with Crippen LogP contribution < -0.4 is 16.6 Å². The lowest BCUT2D eigenvalue weighted by Gasteiger charge is -2.33. The van der Waals surface area contributed by atoms with Gasteiger partial charge in [0.05, 0.1) is 6.04 Å². The number of rotatable bonds is 2. The normalized spacial score (nSPS) is 26.2. The van der Waals surface area contributed by atoms with E-state index in [2.05, 4.69) is 24.6 Å². The Bertz CT molecular complexity index is 295. The number of guanidine groups is 1. The van der Waals surface area contributed by atoms with E-state index in [0.29, 0.717) is 17.5 Å². The SMILES string of the molecule is CC1(C)CCC(N=C(NN)NC2CCCCC2)CC1. The third-order valence-corrected chi connectivity index (χ3v) is 4.70. The predicted octanol–water partition coefficient (Wildman–Crippen LogP) is 2.70. The van der Waals surface area contributed by atoms with E-state index in [-0.39, 0.29) is 0 Å². The number of hydrogen-bond acceptors (Lipinski definition) is 2. The monoisotopic (exact) mass is 266 g/mol. The maximum absolute atomic E-state index is 5.62. The number of nitrogens with two attached hydrogens (primary N) is 1. The van der Waals surface area contributed by atoms with Crippen LogP contribution in [0.15, 0.2) is 4.99 Å². The van der Waals surface area contributed by atoms with Gasteiger partial charge in [-0.25, -0.2) is 10.8 Å². The minimum atomic E-state index is 0.440. The minimum absolute atomic E-state index is 0.440. The fraction of sp³-hybridized carbons (Fsp3) is 0.933. The molecule has 110 valence electrons. The molecule has 2 rings (SSSR count). The lowest BCUT2D eigenvalue weighted by atomic mass is 9.76. The first-order valence-electron chi connectivity index (χ1n) is 7.90. The van der Waals surface area contributed by atoms with Gasteiger partial charge in [0.15, 0.2) is 0 Å². The van der Waals surface area contributed by atoms with E-state index in [0.717, 1.165) is 5.96 Å². The Morgan fingerprint density at radius 1 is 1.05 bits per heavy atom. The van der Waals surface area contributed by atoms with E-state index < -0.39 is 0 Å². The van der Waals surface area contributed by atoms with Gasteiger partial charge in [-0.1, -0.05) is 33.1 Å². The van der Waals surface area contributed by atoms with Crippen molar-refractivity contribution in [1.82, 2.24) is 10.7 Å². The summed E-state index contributed by atoms with van der Waals surface area (Å²) < 4.78 is 0. The Hall–Kier alpha value is -0.770. The highest BCUT2D eigenvalue weighted by Gasteiger charge is 2.27. The Labute approximate surface area is 117 Å². The molecule has 0 atom stereocenters. The number of aliphatic imine (C=N–C) groups is 1. The van der Waals surface area contributed by atoms with Gasteiger partial charge >= 0.3 is 0 Å². The van der Waals surface area contributed by atoms with Crippen molar-refractivity contribution in [2.45, 2.75) is 83.7 Å². The average molecular weight is 266 g/mol. The van der Waals surface area contributed by atoms with Crippen LogP contribution in [0.25, 0.3) is 0 Å². The summed E-state index contributed by atoms with van der Waals surface area (Å²) in [6.45, 7) is 4.71. The van der Waals surface area contributed by atoms with Gasteiger partial charge < -0.3 is 5.32 Å². The van der Waals surface area contributed by atoms with Gasteiger partial charge in [0.2, 0.25) is 5.96 Å². The first-order chi connectivity index (χ1) is 9.09. The Morgan fingerprint density at radius 3 is 2.26 bits per heavy atom. The Kier molecular flexibility index (Phi) is 5.08. The lowest BCUT2D eigenvalue weighted by molar-refractivity contribution is 0.226. The maximum Gasteiger partial charge on any atom is 0.206 e. The summed E-state index contributed by atoms with van der Waals surface area (Å²) in [5.74, 6) is 6.42. The molecule has 0 unspecified atom stereocenters. The number of nitrogens with one attached hydrogen (secondary N) is 2. The number of hydrazine groups is 1. The van der Waals surface area contributed by atoms with Crippen molar-refractivity contribution in [3.05, 3.63) is 0 Å². The number of nitrogens with zero attached hydrogens (tertiary/aromatic N) is 1. The van der Waals surface area contributed by atoms with Crippen LogP contribution in [-0.4, -0.2) is 18.0 Å². The van der Waals surface area contributed by atoms with Crippen LogP contribution in [0.5, 0.6) is 0 Å². The van der Waals surface area contributed by atoms with Crippen LogP contribution >= 0.6 is 0 Å². The Balaban J connectivity index is 1.84. The smallest absolute Gasteiger partial charge is 0.206 e. The van der Waals surface area contributed by atoms with Gasteiger partial charge in [-0.15, -0.1) is 0 Å². The van der Waals surface area contributed by atoms with E-state index in [4.69, 9.17) is 10.8 Å². The summed E-state index contributed by atoms with van der Waals surface area (Å²) in [5, 5.41) is 3.49. The predicted molar refractivity (Wildman–Crippen MR) is 80.8 cm³/mol. The molecule has 0 bridgehead atoms. The van der Waals surface area contributed by atoms with E-state index in [1.165, 1.54) is 57.8 Å². The van der Waals surface area contributed by atoms with Gasteiger partial charge in [-0.2, -0.15) is 0 Å². The van der Waals surface area contributed by atoms with E-state index in [1.807, 2.05) is 0 Å². The van der Waals surface area contributed by atoms with Gasteiger partial charge in [0.1, 0.15) is 0 Å². The molecule has 4 heteroatoms. The quantitative estimate of drug-likeness (QED) is 0.312. The van der Waals surface area contributed by atoms with Crippen molar-refractivity contribution in [2.24, 2.45) is 16.3 Å². The van der Waals surface area contributed by atoms with Crippen molar-refractivity contribution in [2.75, 3.05) is 0 Å². The highest BCUT2D eigenvalue weighted by molar-refractivity contribution is 5.79. The molecule has 2 fully saturated rings. The molecule has 2 aliphatic rings. The summed E-state index contributed by atoms with van der Waals surface area (Å²) in [6.07, 6.45) is 11.4. The third-order valence-electron chi connectivity index (χ3n) is 4.70. The molecule has 0 aromatic carbocycles. The highest BCUT2D eigenvalue weighted by atomic mass is 15.3. The van der Waals surface area contributed by atoms with Crippen LogP contribution in [0, 0.1) is 5.41 Å². The van der Waals surface area contributed by atoms with Crippen molar-refractivity contribution in [3.8, 4) is 0 Å². The van der Waals surface area contributed by atoms with Crippen LogP contribution in [0.1, 0.15) is 71.6 Å². The van der Waals surface area contributed by atoms with E-state index in [1.54, 1.807) is 0 Å². The third kappa shape index (κ3) is 4.68. The van der Waals surface area contributed by atoms with Crippen molar-refractivity contribution < 1.29 is 0 Å². The topological polar surface area (TPSA) is 62.4 Å². The molecule has 0 aromatic rings. The van der Waals surface area contributed by atoms with Crippen molar-refractivity contribution in [1.29, 1.82) is 0 Å². The molecule has 0 spiro atoms. The highest BCUT2D eigenvalue weighted by Crippen LogP contribution is 2.36. The van der Waals surface area contributed by atoms with Gasteiger partial charge in [-0.3, -0.25) is 5.43 Å². The molecule has 2 saturated carbocycles. The van der Waals surface area contributed by atoms with Crippen molar-refractivity contribution in [3.63, 3.8) is 0 Å². The zero-order valence-corrected chi connectivity index (χ0v) is 12.5. The van der Waals surface area contributed by atoms with Gasteiger partial charge in [0.25, 0.3) is 0 Å². The first-order valence-corrected chi connectivity index (χ1v) is 7.90. The van der Waals surface area contributed by atoms with Crippen molar-refractivity contribution >= 4 is 5.96 Å². The van der Waals surface area contributed by atoms with E-state index in [9.17, 15) is 0 Å². The second-order valence-electron chi connectivity index (χ2n) is 7.00. The lowest BCUT2D eigenvalue weighted by Crippen LogP contribution is -2.47. The second-order valence-corrected chi connectivity index (χ2v) is 7.00. The summed E-state index contributed by atoms with van der Waals surface area (Å²) in [4.78, 5) is 4.78. The average Bonchev–Trinajstić information content (AvgIpc) is 2.41. The minimum Gasteiger partial charge on any atom is -0.353 e. The van der Waals surface area contributed by atoms with Crippen LogP contribution in [0.2, 0.25) is 0 Å². The number of hydrogen-bond donors (Lipinski definition) is 3. The molecular formula is C15H30N4. The van der Waals surface area contributed by atoms with Gasteiger partial charge in [-0.05, 0) is 43.9 Å². The van der Waals surface area contributed by atoms with Gasteiger partial charge in [0, 0.05) is 6.04 Å². The molecular weight excluding hydrogens is 236 g/mol. The summed E-state index contributed by atoms with van der Waals surface area (Å²) in [5.41, 5.74) is 3.26. The fourth-order valence-corrected chi connectivity index (χ4v) is 3.25. The molecule has 19 heavy (non-hydrogen) atoms. The molecule has 0 radical (unpaired) electrons. The molecule has 4 nitrogen and oxygen atoms in total. The van der Waals surface area contributed by atoms with Crippen LogP contribution in [0.3, 0.4) is 0 Å². The van der Waals surface area contributed by atoms with E-state index >= 15 is 0 Å². The largest absolute Gasteiger partial charge is 0.353 e. The van der Waals surface area contributed by atoms with Crippen LogP contribution in [-0.2, 0) is 0 Å². The molecule has 0 heterocycles. The summed E-state index contributed by atoms with van der Waals surface area (Å²) in [7, 11) is 0. The summed E-state index contributed by atoms with van der Waals surface area (Å²) >= 11 is 0. The zero-order chi connectivity index (χ0) is 13.7. The fourth-order valence-electron chi connectivity index (χ4n) is 3.25. The standard InChI is InChI=1S/C15H30N4/c1-15(2)10-8-13(9-11-15)18-14(19-16)17-12-6-4-3-5-7-12/h12-13H,3-11,16H2,1-2H3,(H2,17,18,19). The second kappa shape index (κ2) is 6.60. The molecule has 4 N–H and O–H groups in total. The van der Waals surface area contributed by atoms with Crippen LogP contribution in [0.4, 0.5) is 0 Å². The molecule has 0 amide bonds. The molecule has 0 aliphatic heterocycles. The summed E-state index contributed by atoms with van der Waals surface area (Å²) in [6, 6.07) is 0.999. The first kappa shape index (κ1) is 14.6. The zero-order valence-electron chi connectivity index (χ0n) is 12.5.